The van der Waals surface area contributed by atoms with Gasteiger partial charge in [0.25, 0.3) is 0 Å². The number of fused-ring (bicyclic) bond motifs is 4. The summed E-state index contributed by atoms with van der Waals surface area (Å²) in [6, 6.07) is 17.2. The van der Waals surface area contributed by atoms with Gasteiger partial charge < -0.3 is 8.98 Å². The molecule has 0 saturated heterocycles. The van der Waals surface area contributed by atoms with Gasteiger partial charge in [0.2, 0.25) is 5.71 Å². The van der Waals surface area contributed by atoms with E-state index in [0.29, 0.717) is 11.6 Å². The van der Waals surface area contributed by atoms with Crippen molar-refractivity contribution >= 4 is 33.1 Å². The van der Waals surface area contributed by atoms with E-state index in [1.165, 1.54) is 5.56 Å². The highest BCUT2D eigenvalue weighted by molar-refractivity contribution is 6.10. The highest BCUT2D eigenvalue weighted by atomic mass is 16.3. The number of benzene rings is 2. The van der Waals surface area contributed by atoms with E-state index >= 15 is 0 Å². The molecule has 146 valence electrons. The molecule has 0 N–H and O–H groups in total. The van der Waals surface area contributed by atoms with Crippen LogP contribution in [0.1, 0.15) is 50.9 Å². The first-order chi connectivity index (χ1) is 14.0. The Labute approximate surface area is 170 Å². The number of para-hydroxylation sites is 2. The van der Waals surface area contributed by atoms with Crippen LogP contribution in [0.25, 0.3) is 44.5 Å². The van der Waals surface area contributed by atoms with E-state index < -0.39 is 0 Å². The molecular weight excluding hydrogens is 358 g/mol. The Morgan fingerprint density at radius 1 is 0.897 bits per heavy atom. The summed E-state index contributed by atoms with van der Waals surface area (Å²) in [4.78, 5) is 9.65. The second kappa shape index (κ2) is 6.45. The summed E-state index contributed by atoms with van der Waals surface area (Å²) in [5, 5.41) is 2.23. The Morgan fingerprint density at radius 2 is 1.69 bits per heavy atom. The first-order valence-electron chi connectivity index (χ1n) is 10.3. The number of furan rings is 1. The predicted molar refractivity (Wildman–Crippen MR) is 119 cm³/mol. The van der Waals surface area contributed by atoms with Gasteiger partial charge >= 0.3 is 0 Å². The molecule has 0 amide bonds. The molecule has 4 nitrogen and oxygen atoms in total. The van der Waals surface area contributed by atoms with E-state index in [0.717, 1.165) is 44.5 Å². The van der Waals surface area contributed by atoms with Crippen molar-refractivity contribution in [1.82, 2.24) is 14.5 Å². The molecule has 29 heavy (non-hydrogen) atoms. The monoisotopic (exact) mass is 383 g/mol. The molecule has 5 aromatic rings. The standard InChI is InChI=1S/C25H25N3O/c1-14(2)17-12-13-19(23-22(17)18-11-10-16(5)26-25(18)29-23)24-27-20-8-6-7-9-21(20)28(24)15(3)4/h6-15H,1-5H3. The Bertz CT molecular complexity index is 1370. The highest BCUT2D eigenvalue weighted by Crippen LogP contribution is 2.40. The van der Waals surface area contributed by atoms with E-state index in [1.54, 1.807) is 0 Å². The summed E-state index contributed by atoms with van der Waals surface area (Å²) < 4.78 is 8.67. The maximum atomic E-state index is 6.38. The van der Waals surface area contributed by atoms with Gasteiger partial charge in [-0.2, -0.15) is 0 Å². The molecule has 4 heteroatoms. The second-order valence-electron chi connectivity index (χ2n) is 8.36. The summed E-state index contributed by atoms with van der Waals surface area (Å²) >= 11 is 0. The number of rotatable bonds is 3. The third-order valence-corrected chi connectivity index (χ3v) is 5.63. The Kier molecular flexibility index (Phi) is 3.98. The summed E-state index contributed by atoms with van der Waals surface area (Å²) in [5.74, 6) is 1.33. The quantitative estimate of drug-likeness (QED) is 0.336. The van der Waals surface area contributed by atoms with Crippen molar-refractivity contribution in [2.24, 2.45) is 0 Å². The van der Waals surface area contributed by atoms with Crippen LogP contribution < -0.4 is 0 Å². The first kappa shape index (κ1) is 17.9. The highest BCUT2D eigenvalue weighted by Gasteiger charge is 2.22. The number of nitrogens with zero attached hydrogens (tertiary/aromatic N) is 3. The fourth-order valence-electron chi connectivity index (χ4n) is 4.29. The molecule has 0 saturated carbocycles. The third kappa shape index (κ3) is 2.66. The van der Waals surface area contributed by atoms with Crippen molar-refractivity contribution in [3.63, 3.8) is 0 Å². The number of hydrogen-bond donors (Lipinski definition) is 0. The van der Waals surface area contributed by atoms with Crippen molar-refractivity contribution in [2.75, 3.05) is 0 Å². The molecule has 0 spiro atoms. The summed E-state index contributed by atoms with van der Waals surface area (Å²) in [6.45, 7) is 10.8. The van der Waals surface area contributed by atoms with Crippen molar-refractivity contribution in [3.8, 4) is 11.4 Å². The fourth-order valence-corrected chi connectivity index (χ4v) is 4.29. The SMILES string of the molecule is Cc1ccc2c(n1)oc1c(-c3nc4ccccc4n3C(C)C)ccc(C(C)C)c12. The molecule has 0 unspecified atom stereocenters. The first-order valence-corrected chi connectivity index (χ1v) is 10.3. The van der Waals surface area contributed by atoms with E-state index in [9.17, 15) is 0 Å². The number of aryl methyl sites for hydroxylation is 1. The molecule has 0 atom stereocenters. The van der Waals surface area contributed by atoms with Crippen LogP contribution in [-0.4, -0.2) is 14.5 Å². The molecule has 0 radical (unpaired) electrons. The molecular formula is C25H25N3O. The van der Waals surface area contributed by atoms with E-state index in [2.05, 4.69) is 79.7 Å². The minimum atomic E-state index is 0.280. The van der Waals surface area contributed by atoms with Gasteiger partial charge in [0.15, 0.2) is 0 Å². The van der Waals surface area contributed by atoms with Crippen LogP contribution in [0.2, 0.25) is 0 Å². The summed E-state index contributed by atoms with van der Waals surface area (Å²) in [6.07, 6.45) is 0. The molecule has 0 aliphatic carbocycles. The second-order valence-corrected chi connectivity index (χ2v) is 8.36. The average Bonchev–Trinajstić information content (AvgIpc) is 3.25. The van der Waals surface area contributed by atoms with Gasteiger partial charge in [-0.1, -0.05) is 32.0 Å². The van der Waals surface area contributed by atoms with Gasteiger partial charge in [-0.15, -0.1) is 0 Å². The van der Waals surface area contributed by atoms with Gasteiger partial charge in [-0.05, 0) is 62.6 Å². The van der Waals surface area contributed by atoms with Crippen LogP contribution in [0.5, 0.6) is 0 Å². The van der Waals surface area contributed by atoms with Crippen molar-refractivity contribution in [3.05, 3.63) is 59.8 Å². The average molecular weight is 383 g/mol. The normalized spacial score (nSPS) is 12.2. The van der Waals surface area contributed by atoms with Crippen LogP contribution in [0, 0.1) is 6.92 Å². The lowest BCUT2D eigenvalue weighted by Gasteiger charge is -2.15. The van der Waals surface area contributed by atoms with E-state index in [1.807, 2.05) is 13.0 Å². The zero-order valence-electron chi connectivity index (χ0n) is 17.5. The molecule has 2 aromatic carbocycles. The maximum Gasteiger partial charge on any atom is 0.227 e. The van der Waals surface area contributed by atoms with Gasteiger partial charge in [0.1, 0.15) is 11.4 Å². The van der Waals surface area contributed by atoms with Gasteiger partial charge in [0, 0.05) is 22.5 Å². The molecule has 0 bridgehead atoms. The fraction of sp³-hybridized carbons (Fsp3) is 0.280. The minimum Gasteiger partial charge on any atom is -0.437 e. The molecule has 0 fully saturated rings. The predicted octanol–water partition coefficient (Wildman–Crippen LogP) is 7.01. The van der Waals surface area contributed by atoms with Crippen LogP contribution in [0.4, 0.5) is 0 Å². The lowest BCUT2D eigenvalue weighted by molar-refractivity contribution is 0.621. The maximum absolute atomic E-state index is 6.38. The molecule has 3 heterocycles. The van der Waals surface area contributed by atoms with Crippen molar-refractivity contribution in [1.29, 1.82) is 0 Å². The van der Waals surface area contributed by atoms with Crippen LogP contribution in [0.15, 0.2) is 52.9 Å². The minimum absolute atomic E-state index is 0.280. The smallest absolute Gasteiger partial charge is 0.227 e. The van der Waals surface area contributed by atoms with E-state index in [4.69, 9.17) is 9.40 Å². The molecule has 0 aliphatic heterocycles. The van der Waals surface area contributed by atoms with E-state index in [-0.39, 0.29) is 6.04 Å². The zero-order valence-corrected chi connectivity index (χ0v) is 17.5. The number of imidazole rings is 1. The van der Waals surface area contributed by atoms with Crippen LogP contribution in [0.3, 0.4) is 0 Å². The Morgan fingerprint density at radius 3 is 2.45 bits per heavy atom. The van der Waals surface area contributed by atoms with Crippen molar-refractivity contribution in [2.45, 2.75) is 46.6 Å². The number of hydrogen-bond acceptors (Lipinski definition) is 3. The topological polar surface area (TPSA) is 43.9 Å². The summed E-state index contributed by atoms with van der Waals surface area (Å²) in [5.41, 5.74) is 6.97. The molecule has 3 aromatic heterocycles. The largest absolute Gasteiger partial charge is 0.437 e. The Hall–Kier alpha value is -3.14. The Balaban J connectivity index is 1.92. The van der Waals surface area contributed by atoms with Crippen LogP contribution >= 0.6 is 0 Å². The van der Waals surface area contributed by atoms with Gasteiger partial charge in [-0.3, -0.25) is 0 Å². The number of aromatic nitrogens is 3. The molecule has 0 aliphatic rings. The molecule has 5 rings (SSSR count). The lowest BCUT2D eigenvalue weighted by Crippen LogP contribution is -2.03. The number of pyridine rings is 1. The third-order valence-electron chi connectivity index (χ3n) is 5.63. The van der Waals surface area contributed by atoms with Gasteiger partial charge in [-0.25, -0.2) is 9.97 Å². The zero-order chi connectivity index (χ0) is 20.3. The van der Waals surface area contributed by atoms with Crippen molar-refractivity contribution < 1.29 is 4.42 Å². The van der Waals surface area contributed by atoms with Gasteiger partial charge in [0.05, 0.1) is 16.6 Å². The summed E-state index contributed by atoms with van der Waals surface area (Å²) in [7, 11) is 0. The lowest BCUT2D eigenvalue weighted by atomic mass is 9.95. The van der Waals surface area contributed by atoms with Crippen LogP contribution in [-0.2, 0) is 0 Å².